The number of hydrogen-bond donors (Lipinski definition) is 0. The molecule has 1 aliphatic rings. The maximum Gasteiger partial charge on any atom is 0.416 e. The number of oxime groups is 1. The fraction of sp³-hybridized carbons (Fsp3) is 0.200. The Hall–Kier alpha value is -2.37. The van der Waals surface area contributed by atoms with Crippen LogP contribution in [-0.4, -0.2) is 11.5 Å². The fourth-order valence-corrected chi connectivity index (χ4v) is 1.70. The van der Waals surface area contributed by atoms with Gasteiger partial charge in [0.2, 0.25) is 0 Å². The molecule has 0 atom stereocenters. The van der Waals surface area contributed by atoms with Crippen LogP contribution in [0.3, 0.4) is 0 Å². The molecule has 0 aromatic heterocycles. The monoisotopic (exact) mass is 295 g/mol. The second-order valence-corrected chi connectivity index (χ2v) is 4.51. The zero-order valence-corrected chi connectivity index (χ0v) is 11.1. The van der Waals surface area contributed by atoms with Gasteiger partial charge in [-0.3, -0.25) is 4.79 Å². The van der Waals surface area contributed by atoms with Crippen molar-refractivity contribution in [2.24, 2.45) is 5.16 Å². The number of benzene rings is 1. The Labute approximate surface area is 119 Å². The van der Waals surface area contributed by atoms with E-state index in [0.717, 1.165) is 12.1 Å². The Morgan fingerprint density at radius 2 is 1.81 bits per heavy atom. The molecule has 1 aromatic rings. The highest BCUT2D eigenvalue weighted by atomic mass is 19.4. The molecular formula is C15H12F3NO2. The van der Waals surface area contributed by atoms with E-state index >= 15 is 0 Å². The van der Waals surface area contributed by atoms with E-state index < -0.39 is 11.7 Å². The van der Waals surface area contributed by atoms with E-state index in [4.69, 9.17) is 4.84 Å². The Kier molecular flexibility index (Phi) is 4.26. The molecule has 1 aromatic carbocycles. The van der Waals surface area contributed by atoms with Crippen molar-refractivity contribution in [3.8, 4) is 0 Å². The quantitative estimate of drug-likeness (QED) is 0.630. The van der Waals surface area contributed by atoms with Crippen LogP contribution in [0.25, 0.3) is 0 Å². The molecule has 0 aliphatic heterocycles. The van der Waals surface area contributed by atoms with Crippen molar-refractivity contribution in [1.29, 1.82) is 0 Å². The summed E-state index contributed by atoms with van der Waals surface area (Å²) in [7, 11) is 0. The predicted octanol–water partition coefficient (Wildman–Crippen LogP) is 3.66. The lowest BCUT2D eigenvalue weighted by atomic mass is 10.1. The zero-order chi connectivity index (χ0) is 15.5. The van der Waals surface area contributed by atoms with Gasteiger partial charge in [0.1, 0.15) is 12.3 Å². The summed E-state index contributed by atoms with van der Waals surface area (Å²) in [4.78, 5) is 16.2. The molecule has 1 aliphatic carbocycles. The van der Waals surface area contributed by atoms with Gasteiger partial charge in [-0.05, 0) is 48.4 Å². The second kappa shape index (κ2) is 5.95. The van der Waals surface area contributed by atoms with Gasteiger partial charge in [0.05, 0.1) is 5.56 Å². The van der Waals surface area contributed by atoms with Crippen molar-refractivity contribution in [2.45, 2.75) is 19.7 Å². The molecule has 0 fully saturated rings. The van der Waals surface area contributed by atoms with Crippen LogP contribution in [0.1, 0.15) is 18.1 Å². The molecule has 21 heavy (non-hydrogen) atoms. The van der Waals surface area contributed by atoms with Gasteiger partial charge in [-0.2, -0.15) is 13.2 Å². The average Bonchev–Trinajstić information content (AvgIpc) is 2.41. The Morgan fingerprint density at radius 1 is 1.14 bits per heavy atom. The van der Waals surface area contributed by atoms with Crippen LogP contribution in [0, 0.1) is 0 Å². The Balaban J connectivity index is 1.97. The maximum atomic E-state index is 12.4. The van der Waals surface area contributed by atoms with Crippen LogP contribution in [0.4, 0.5) is 13.2 Å². The minimum absolute atomic E-state index is 0.0523. The van der Waals surface area contributed by atoms with E-state index in [1.807, 2.05) is 0 Å². The number of allylic oxidation sites excluding steroid dienone is 4. The fourth-order valence-electron chi connectivity index (χ4n) is 1.70. The van der Waals surface area contributed by atoms with Gasteiger partial charge in [0, 0.05) is 0 Å². The molecule has 2 rings (SSSR count). The molecule has 0 unspecified atom stereocenters. The average molecular weight is 295 g/mol. The summed E-state index contributed by atoms with van der Waals surface area (Å²) >= 11 is 0. The number of hydrogen-bond acceptors (Lipinski definition) is 3. The van der Waals surface area contributed by atoms with Crippen LogP contribution in [0.15, 0.2) is 53.2 Å². The highest BCUT2D eigenvalue weighted by molar-refractivity contribution is 6.19. The summed E-state index contributed by atoms with van der Waals surface area (Å²) in [5.74, 6) is -0.116. The first-order chi connectivity index (χ1) is 9.86. The lowest BCUT2D eigenvalue weighted by molar-refractivity contribution is -0.137. The Bertz CT molecular complexity index is 625. The normalized spacial score (nSPS) is 17.0. The largest absolute Gasteiger partial charge is 0.416 e. The third-order valence-corrected chi connectivity index (χ3v) is 2.84. The van der Waals surface area contributed by atoms with E-state index in [1.54, 1.807) is 6.92 Å². The molecule has 0 N–H and O–H groups in total. The third-order valence-electron chi connectivity index (χ3n) is 2.84. The van der Waals surface area contributed by atoms with Gasteiger partial charge in [0.15, 0.2) is 5.78 Å². The molecule has 0 bridgehead atoms. The molecule has 0 heterocycles. The van der Waals surface area contributed by atoms with E-state index in [0.29, 0.717) is 16.8 Å². The molecule has 0 amide bonds. The molecule has 6 heteroatoms. The third kappa shape index (κ3) is 4.05. The topological polar surface area (TPSA) is 38.7 Å². The van der Waals surface area contributed by atoms with Gasteiger partial charge < -0.3 is 4.84 Å². The number of rotatable bonds is 3. The van der Waals surface area contributed by atoms with Gasteiger partial charge in [-0.15, -0.1) is 0 Å². The SMILES string of the molecule is CC1=CC(=O)C=CC1=NOCc1ccc(C(F)(F)F)cc1. The van der Waals surface area contributed by atoms with Crippen LogP contribution in [0.5, 0.6) is 0 Å². The maximum absolute atomic E-state index is 12.4. The summed E-state index contributed by atoms with van der Waals surface area (Å²) in [6.45, 7) is 1.78. The van der Waals surface area contributed by atoms with E-state index in [2.05, 4.69) is 5.16 Å². The standard InChI is InChI=1S/C15H12F3NO2/c1-10-8-13(20)6-7-14(10)19-21-9-11-2-4-12(5-3-11)15(16,17)18/h2-8H,9H2,1H3. The molecule has 0 saturated carbocycles. The minimum atomic E-state index is -4.35. The first kappa shape index (κ1) is 15.0. The van der Waals surface area contributed by atoms with Gasteiger partial charge in [-0.25, -0.2) is 0 Å². The van der Waals surface area contributed by atoms with Gasteiger partial charge >= 0.3 is 6.18 Å². The summed E-state index contributed by atoms with van der Waals surface area (Å²) in [5, 5.41) is 3.85. The highest BCUT2D eigenvalue weighted by Crippen LogP contribution is 2.29. The highest BCUT2D eigenvalue weighted by Gasteiger charge is 2.29. The lowest BCUT2D eigenvalue weighted by Gasteiger charge is -2.08. The van der Waals surface area contributed by atoms with E-state index in [-0.39, 0.29) is 12.4 Å². The van der Waals surface area contributed by atoms with Gasteiger partial charge in [0.25, 0.3) is 0 Å². The molecule has 3 nitrogen and oxygen atoms in total. The molecular weight excluding hydrogens is 283 g/mol. The van der Waals surface area contributed by atoms with Crippen molar-refractivity contribution < 1.29 is 22.8 Å². The summed E-state index contributed by atoms with van der Waals surface area (Å²) in [6.07, 6.45) is -0.0149. The number of carbonyl (C=O) groups is 1. The van der Waals surface area contributed by atoms with Crippen molar-refractivity contribution in [2.75, 3.05) is 0 Å². The van der Waals surface area contributed by atoms with Crippen LogP contribution < -0.4 is 0 Å². The van der Waals surface area contributed by atoms with Crippen LogP contribution >= 0.6 is 0 Å². The lowest BCUT2D eigenvalue weighted by Crippen LogP contribution is -2.06. The van der Waals surface area contributed by atoms with E-state index in [1.165, 1.54) is 30.4 Å². The molecule has 0 spiro atoms. The molecule has 110 valence electrons. The van der Waals surface area contributed by atoms with Crippen molar-refractivity contribution in [3.05, 3.63) is 59.2 Å². The first-order valence-corrected chi connectivity index (χ1v) is 6.13. The van der Waals surface area contributed by atoms with E-state index in [9.17, 15) is 18.0 Å². The number of nitrogens with zero attached hydrogens (tertiary/aromatic N) is 1. The second-order valence-electron chi connectivity index (χ2n) is 4.51. The van der Waals surface area contributed by atoms with Gasteiger partial charge in [-0.1, -0.05) is 17.3 Å². The van der Waals surface area contributed by atoms with Crippen molar-refractivity contribution in [1.82, 2.24) is 0 Å². The Morgan fingerprint density at radius 3 is 2.38 bits per heavy atom. The first-order valence-electron chi connectivity index (χ1n) is 6.13. The smallest absolute Gasteiger partial charge is 0.390 e. The van der Waals surface area contributed by atoms with Crippen molar-refractivity contribution in [3.63, 3.8) is 0 Å². The number of ketones is 1. The summed E-state index contributed by atoms with van der Waals surface area (Å²) in [6, 6.07) is 4.67. The van der Waals surface area contributed by atoms with Crippen LogP contribution in [0.2, 0.25) is 0 Å². The number of halogens is 3. The zero-order valence-electron chi connectivity index (χ0n) is 11.1. The number of alkyl halides is 3. The summed E-state index contributed by atoms with van der Waals surface area (Å²) in [5.41, 5.74) is 1.06. The van der Waals surface area contributed by atoms with Crippen LogP contribution in [-0.2, 0) is 22.4 Å². The predicted molar refractivity (Wildman–Crippen MR) is 71.6 cm³/mol. The minimum Gasteiger partial charge on any atom is -0.390 e. The number of carbonyl (C=O) groups excluding carboxylic acids is 1. The molecule has 0 radical (unpaired) electrons. The van der Waals surface area contributed by atoms with Crippen molar-refractivity contribution >= 4 is 11.5 Å². The molecule has 0 saturated heterocycles. The summed E-state index contributed by atoms with van der Waals surface area (Å²) < 4.78 is 37.2.